The first kappa shape index (κ1) is 17.7. The van der Waals surface area contributed by atoms with E-state index in [0.29, 0.717) is 0 Å². The lowest BCUT2D eigenvalue weighted by Gasteiger charge is -2.34. The summed E-state index contributed by atoms with van der Waals surface area (Å²) in [6.07, 6.45) is 0. The quantitative estimate of drug-likeness (QED) is 0.253. The van der Waals surface area contributed by atoms with Crippen LogP contribution in [-0.4, -0.2) is 0 Å². The highest BCUT2D eigenvalue weighted by Crippen LogP contribution is 2.58. The molecule has 0 aliphatic heterocycles. The lowest BCUT2D eigenvalue weighted by atomic mass is 9.67. The Morgan fingerprint density at radius 1 is 0.533 bits per heavy atom. The number of benzene rings is 5. The lowest BCUT2D eigenvalue weighted by molar-refractivity contribution is 0.768. The van der Waals surface area contributed by atoms with Gasteiger partial charge in [0.2, 0.25) is 0 Å². The van der Waals surface area contributed by atoms with Crippen molar-refractivity contribution in [3.8, 4) is 11.1 Å². The molecule has 0 fully saturated rings. The summed E-state index contributed by atoms with van der Waals surface area (Å²) in [6.45, 7) is 0. The summed E-state index contributed by atoms with van der Waals surface area (Å²) in [5.74, 6) is 0. The molecule has 1 aliphatic rings. The standard InChI is InChI=1S/C29H19Br/c30-23-16-17-25-27(19-23)29(21-10-3-1-4-11-21,22-12-5-2-6-13-22)26-18-15-20-9-7-8-14-24(20)28(25)26/h1-19H. The van der Waals surface area contributed by atoms with Gasteiger partial charge in [-0.05, 0) is 56.3 Å². The van der Waals surface area contributed by atoms with Crippen molar-refractivity contribution in [2.45, 2.75) is 5.41 Å². The Morgan fingerprint density at radius 3 is 1.87 bits per heavy atom. The Labute approximate surface area is 185 Å². The molecule has 1 heteroatoms. The van der Waals surface area contributed by atoms with E-state index in [2.05, 4.69) is 131 Å². The third-order valence-electron chi connectivity index (χ3n) is 6.40. The van der Waals surface area contributed by atoms with E-state index in [1.54, 1.807) is 0 Å². The number of hydrogen-bond donors (Lipinski definition) is 0. The molecule has 5 aromatic carbocycles. The average Bonchev–Trinajstić information content (AvgIpc) is 3.11. The Morgan fingerprint density at radius 2 is 1.17 bits per heavy atom. The van der Waals surface area contributed by atoms with Crippen molar-refractivity contribution < 1.29 is 0 Å². The number of hydrogen-bond acceptors (Lipinski definition) is 0. The van der Waals surface area contributed by atoms with Crippen molar-refractivity contribution in [1.82, 2.24) is 0 Å². The summed E-state index contributed by atoms with van der Waals surface area (Å²) < 4.78 is 1.11. The molecule has 0 spiro atoms. The first-order chi connectivity index (χ1) is 14.8. The van der Waals surface area contributed by atoms with Crippen molar-refractivity contribution in [2.24, 2.45) is 0 Å². The zero-order valence-corrected chi connectivity index (χ0v) is 17.9. The highest BCUT2D eigenvalue weighted by atomic mass is 79.9. The van der Waals surface area contributed by atoms with E-state index in [-0.39, 0.29) is 5.41 Å². The Bertz CT molecular complexity index is 1350. The molecule has 0 unspecified atom stereocenters. The fourth-order valence-corrected chi connectivity index (χ4v) is 5.59. The van der Waals surface area contributed by atoms with Gasteiger partial charge in [-0.2, -0.15) is 0 Å². The van der Waals surface area contributed by atoms with E-state index in [9.17, 15) is 0 Å². The monoisotopic (exact) mass is 446 g/mol. The van der Waals surface area contributed by atoms with Crippen molar-refractivity contribution in [3.05, 3.63) is 142 Å². The van der Waals surface area contributed by atoms with E-state index in [1.807, 2.05) is 0 Å². The molecule has 0 bridgehead atoms. The second-order valence-electron chi connectivity index (χ2n) is 7.88. The minimum absolute atomic E-state index is 0.346. The number of rotatable bonds is 2. The van der Waals surface area contributed by atoms with Crippen molar-refractivity contribution in [3.63, 3.8) is 0 Å². The zero-order valence-electron chi connectivity index (χ0n) is 16.3. The largest absolute Gasteiger partial charge is 0.0714 e. The van der Waals surface area contributed by atoms with Crippen LogP contribution in [0.3, 0.4) is 0 Å². The SMILES string of the molecule is Brc1ccc2c(c1)C(c1ccccc1)(c1ccccc1)c1ccc3ccccc3c1-2. The van der Waals surface area contributed by atoms with Crippen LogP contribution >= 0.6 is 15.9 Å². The van der Waals surface area contributed by atoms with Crippen molar-refractivity contribution in [1.29, 1.82) is 0 Å². The van der Waals surface area contributed by atoms with Crippen LogP contribution in [0, 0.1) is 0 Å². The maximum absolute atomic E-state index is 3.76. The molecule has 142 valence electrons. The molecule has 0 saturated heterocycles. The van der Waals surface area contributed by atoms with Crippen LogP contribution in [0.15, 0.2) is 120 Å². The molecule has 0 nitrogen and oxygen atoms in total. The summed E-state index contributed by atoms with van der Waals surface area (Å²) in [5.41, 5.74) is 7.60. The topological polar surface area (TPSA) is 0 Å². The predicted octanol–water partition coefficient (Wildman–Crippen LogP) is 7.97. The number of fused-ring (bicyclic) bond motifs is 5. The third kappa shape index (κ3) is 2.33. The molecule has 0 radical (unpaired) electrons. The van der Waals surface area contributed by atoms with Gasteiger partial charge in [0.15, 0.2) is 0 Å². The van der Waals surface area contributed by atoms with Crippen molar-refractivity contribution >= 4 is 26.7 Å². The van der Waals surface area contributed by atoms with Gasteiger partial charge in [-0.25, -0.2) is 0 Å². The first-order valence-electron chi connectivity index (χ1n) is 10.2. The molecule has 6 rings (SSSR count). The summed E-state index contributed by atoms with van der Waals surface area (Å²) in [5, 5.41) is 2.59. The van der Waals surface area contributed by atoms with E-state index in [1.165, 1.54) is 44.2 Å². The van der Waals surface area contributed by atoms with Crippen LogP contribution in [0.2, 0.25) is 0 Å². The number of halogens is 1. The van der Waals surface area contributed by atoms with Crippen LogP contribution in [0.4, 0.5) is 0 Å². The highest BCUT2D eigenvalue weighted by molar-refractivity contribution is 9.10. The molecular weight excluding hydrogens is 428 g/mol. The average molecular weight is 447 g/mol. The van der Waals surface area contributed by atoms with Gasteiger partial charge in [-0.1, -0.05) is 119 Å². The van der Waals surface area contributed by atoms with Gasteiger partial charge in [-0.3, -0.25) is 0 Å². The van der Waals surface area contributed by atoms with Gasteiger partial charge in [0.1, 0.15) is 0 Å². The fraction of sp³-hybridized carbons (Fsp3) is 0.0345. The fourth-order valence-electron chi connectivity index (χ4n) is 5.23. The highest BCUT2D eigenvalue weighted by Gasteiger charge is 2.46. The zero-order chi connectivity index (χ0) is 20.1. The van der Waals surface area contributed by atoms with Gasteiger partial charge in [0.05, 0.1) is 5.41 Å². The normalized spacial score (nSPS) is 13.8. The molecule has 0 N–H and O–H groups in total. The molecule has 0 heterocycles. The molecule has 0 amide bonds. The van der Waals surface area contributed by atoms with Gasteiger partial charge in [0.25, 0.3) is 0 Å². The van der Waals surface area contributed by atoms with Gasteiger partial charge < -0.3 is 0 Å². The molecule has 0 saturated carbocycles. The van der Waals surface area contributed by atoms with E-state index in [0.717, 1.165) is 4.47 Å². The van der Waals surface area contributed by atoms with E-state index in [4.69, 9.17) is 0 Å². The maximum Gasteiger partial charge on any atom is 0.0714 e. The van der Waals surface area contributed by atoms with Crippen LogP contribution in [0.25, 0.3) is 21.9 Å². The molecule has 5 aromatic rings. The van der Waals surface area contributed by atoms with Crippen LogP contribution in [0.5, 0.6) is 0 Å². The van der Waals surface area contributed by atoms with Crippen LogP contribution in [0.1, 0.15) is 22.3 Å². The molecular formula is C29H19Br. The third-order valence-corrected chi connectivity index (χ3v) is 6.89. The summed E-state index contributed by atoms with van der Waals surface area (Å²) >= 11 is 3.76. The Balaban J connectivity index is 1.86. The van der Waals surface area contributed by atoms with Gasteiger partial charge >= 0.3 is 0 Å². The van der Waals surface area contributed by atoms with Crippen LogP contribution < -0.4 is 0 Å². The summed E-state index contributed by atoms with van der Waals surface area (Å²) in [4.78, 5) is 0. The minimum Gasteiger partial charge on any atom is -0.0622 e. The Hall–Kier alpha value is -3.16. The molecule has 0 atom stereocenters. The molecule has 0 aromatic heterocycles. The predicted molar refractivity (Wildman–Crippen MR) is 129 cm³/mol. The second-order valence-corrected chi connectivity index (χ2v) is 8.80. The molecule has 30 heavy (non-hydrogen) atoms. The van der Waals surface area contributed by atoms with Gasteiger partial charge in [0, 0.05) is 4.47 Å². The Kier molecular flexibility index (Phi) is 3.94. The minimum atomic E-state index is -0.346. The van der Waals surface area contributed by atoms with Crippen LogP contribution in [-0.2, 0) is 5.41 Å². The lowest BCUT2D eigenvalue weighted by Crippen LogP contribution is -2.28. The van der Waals surface area contributed by atoms with Gasteiger partial charge in [-0.15, -0.1) is 0 Å². The van der Waals surface area contributed by atoms with E-state index < -0.39 is 0 Å². The summed E-state index contributed by atoms with van der Waals surface area (Å²) in [7, 11) is 0. The summed E-state index contributed by atoms with van der Waals surface area (Å²) in [6, 6.07) is 41.9. The molecule has 1 aliphatic carbocycles. The smallest absolute Gasteiger partial charge is 0.0622 e. The second kappa shape index (κ2) is 6.68. The van der Waals surface area contributed by atoms with Crippen molar-refractivity contribution in [2.75, 3.05) is 0 Å². The first-order valence-corrected chi connectivity index (χ1v) is 11.0. The van der Waals surface area contributed by atoms with E-state index >= 15 is 0 Å². The maximum atomic E-state index is 3.76.